The van der Waals surface area contributed by atoms with Crippen LogP contribution in [0.2, 0.25) is 5.02 Å². The Balaban J connectivity index is 1.29. The van der Waals surface area contributed by atoms with Crippen molar-refractivity contribution in [1.29, 1.82) is 0 Å². The summed E-state index contributed by atoms with van der Waals surface area (Å²) in [6.07, 6.45) is 4.18. The SMILES string of the molecule is COC(=O)c1c2c3ccc(Cl)c(c3n1C)-c1c(nn(C3CCCCO3)c1C)CN(C)Cc1cc(n(C)n1)CSc1cc(c3ccccc3c1)OCCC2. The van der Waals surface area contributed by atoms with E-state index >= 15 is 0 Å². The van der Waals surface area contributed by atoms with Gasteiger partial charge in [0.2, 0.25) is 0 Å². The quantitative estimate of drug-likeness (QED) is 0.163. The molecule has 1 unspecified atom stereocenters. The predicted octanol–water partition coefficient (Wildman–Crippen LogP) is 8.63. The van der Waals surface area contributed by atoms with Crippen molar-refractivity contribution in [3.05, 3.63) is 93.7 Å². The lowest BCUT2D eigenvalue weighted by Crippen LogP contribution is -2.21. The lowest BCUT2D eigenvalue weighted by Gasteiger charge is -2.24. The lowest BCUT2D eigenvalue weighted by molar-refractivity contribution is -0.0409. The maximum absolute atomic E-state index is 13.5. The molecule has 0 amide bonds. The van der Waals surface area contributed by atoms with Crippen molar-refractivity contribution < 1.29 is 19.0 Å². The molecule has 6 aromatic rings. The zero-order chi connectivity index (χ0) is 36.8. The Kier molecular flexibility index (Phi) is 10.0. The van der Waals surface area contributed by atoms with Gasteiger partial charge < -0.3 is 18.8 Å². The van der Waals surface area contributed by atoms with E-state index in [1.807, 2.05) is 46.2 Å². The first-order valence-corrected chi connectivity index (χ1v) is 19.6. The van der Waals surface area contributed by atoms with Crippen LogP contribution in [0.1, 0.15) is 70.7 Å². The Morgan fingerprint density at radius 2 is 1.81 bits per heavy atom. The number of nitrogens with zero attached hydrogens (tertiary/aromatic N) is 6. The molecule has 2 aliphatic heterocycles. The molecule has 1 fully saturated rings. The van der Waals surface area contributed by atoms with Gasteiger partial charge in [0.1, 0.15) is 17.7 Å². The summed E-state index contributed by atoms with van der Waals surface area (Å²) in [5.74, 6) is 1.24. The highest BCUT2D eigenvalue weighted by Crippen LogP contribution is 2.43. The van der Waals surface area contributed by atoms with Crippen LogP contribution in [0.5, 0.6) is 5.75 Å². The predicted molar refractivity (Wildman–Crippen MR) is 210 cm³/mol. The third-order valence-corrected chi connectivity index (χ3v) is 11.9. The van der Waals surface area contributed by atoms with E-state index in [4.69, 9.17) is 36.0 Å². The Bertz CT molecular complexity index is 2340. The summed E-state index contributed by atoms with van der Waals surface area (Å²) in [5, 5.41) is 13.9. The summed E-state index contributed by atoms with van der Waals surface area (Å²) in [6, 6.07) is 18.9. The number of esters is 1. The smallest absolute Gasteiger partial charge is 0.354 e. The van der Waals surface area contributed by atoms with Crippen LogP contribution >= 0.6 is 23.4 Å². The minimum Gasteiger partial charge on any atom is -0.493 e. The van der Waals surface area contributed by atoms with Gasteiger partial charge in [-0.2, -0.15) is 10.2 Å². The highest BCUT2D eigenvalue weighted by atomic mass is 35.5. The van der Waals surface area contributed by atoms with E-state index in [2.05, 4.69) is 55.3 Å². The molecule has 10 nitrogen and oxygen atoms in total. The number of aromatic nitrogens is 5. The number of ether oxygens (including phenoxy) is 3. The zero-order valence-corrected chi connectivity index (χ0v) is 32.5. The fraction of sp³-hybridized carbons (Fsp3) is 0.390. The van der Waals surface area contributed by atoms with Crippen molar-refractivity contribution >= 4 is 51.0 Å². The maximum atomic E-state index is 13.5. The first-order chi connectivity index (χ1) is 25.7. The molecule has 0 aliphatic carbocycles. The number of hydrogen-bond donors (Lipinski definition) is 0. The molecule has 12 heteroatoms. The second kappa shape index (κ2) is 14.9. The van der Waals surface area contributed by atoms with E-state index in [0.717, 1.165) is 96.8 Å². The molecule has 3 aromatic carbocycles. The number of carbonyl (C=O) groups excluding carboxylic acids is 1. The normalized spacial score (nSPS) is 17.4. The Morgan fingerprint density at radius 3 is 2.62 bits per heavy atom. The maximum Gasteiger partial charge on any atom is 0.354 e. The molecule has 2 aliphatic rings. The first-order valence-electron chi connectivity index (χ1n) is 18.3. The lowest BCUT2D eigenvalue weighted by atomic mass is 9.97. The summed E-state index contributed by atoms with van der Waals surface area (Å²) in [7, 11) is 7.47. The second-order valence-electron chi connectivity index (χ2n) is 14.2. The monoisotopic (exact) mass is 752 g/mol. The van der Waals surface area contributed by atoms with Crippen LogP contribution in [-0.2, 0) is 48.8 Å². The van der Waals surface area contributed by atoms with Gasteiger partial charge in [0.15, 0.2) is 0 Å². The van der Waals surface area contributed by atoms with E-state index in [1.165, 1.54) is 7.11 Å². The van der Waals surface area contributed by atoms with Crippen molar-refractivity contribution in [2.45, 2.75) is 69.0 Å². The van der Waals surface area contributed by atoms with Crippen LogP contribution in [0.15, 0.2) is 59.5 Å². The minimum atomic E-state index is -0.385. The van der Waals surface area contributed by atoms with Crippen molar-refractivity contribution in [1.82, 2.24) is 29.0 Å². The first kappa shape index (κ1) is 35.7. The number of halogens is 1. The standard InChI is InChI=1S/C41H45ClN6O4S/c1-25-37-34(44-48(25)36-14-8-9-17-52-36)23-45(2)22-27-20-28(47(4)43-27)24-53-29-19-26-11-6-7-12-30(26)35(21-29)51-18-10-13-31-32-15-16-33(42)38(37)39(32)46(3)40(31)41(49)50-5/h6-7,11-12,15-16,19-21,36H,8-10,13-14,17-18,22-24H2,1-5H3. The molecule has 0 N–H and O–H groups in total. The Hall–Kier alpha value is -4.29. The van der Waals surface area contributed by atoms with Gasteiger partial charge in [-0.3, -0.25) is 9.58 Å². The number of rotatable bonds is 2. The van der Waals surface area contributed by atoms with E-state index in [-0.39, 0.29) is 12.2 Å². The fourth-order valence-electron chi connectivity index (χ4n) is 8.07. The topological polar surface area (TPSA) is 88.6 Å². The molecule has 3 aromatic heterocycles. The summed E-state index contributed by atoms with van der Waals surface area (Å²) < 4.78 is 24.2. The molecule has 1 saturated heterocycles. The molecule has 5 heterocycles. The molecule has 276 valence electrons. The summed E-state index contributed by atoms with van der Waals surface area (Å²) >= 11 is 9.01. The van der Waals surface area contributed by atoms with Gasteiger partial charge in [-0.1, -0.05) is 41.9 Å². The number of fused-ring (bicyclic) bond motifs is 8. The number of thioether (sulfide) groups is 1. The van der Waals surface area contributed by atoms with Gasteiger partial charge >= 0.3 is 5.97 Å². The van der Waals surface area contributed by atoms with Gasteiger partial charge in [0.05, 0.1) is 35.6 Å². The van der Waals surface area contributed by atoms with Gasteiger partial charge in [0.25, 0.3) is 0 Å². The van der Waals surface area contributed by atoms with E-state index in [0.29, 0.717) is 49.9 Å². The molecule has 8 rings (SSSR count). The summed E-state index contributed by atoms with van der Waals surface area (Å²) in [6.45, 7) is 4.48. The third-order valence-electron chi connectivity index (χ3n) is 10.6. The van der Waals surface area contributed by atoms with Gasteiger partial charge in [-0.25, -0.2) is 9.48 Å². The molecule has 53 heavy (non-hydrogen) atoms. The zero-order valence-electron chi connectivity index (χ0n) is 30.9. The van der Waals surface area contributed by atoms with Crippen molar-refractivity contribution in [2.24, 2.45) is 14.1 Å². The van der Waals surface area contributed by atoms with Crippen molar-refractivity contribution in [3.8, 4) is 16.9 Å². The summed E-state index contributed by atoms with van der Waals surface area (Å²) in [5.41, 5.74) is 8.14. The third kappa shape index (κ3) is 6.73. The number of hydrogen-bond acceptors (Lipinski definition) is 8. The number of aryl methyl sites for hydroxylation is 3. The van der Waals surface area contributed by atoms with Gasteiger partial charge in [0, 0.05) is 77.7 Å². The minimum absolute atomic E-state index is 0.153. The summed E-state index contributed by atoms with van der Waals surface area (Å²) in [4.78, 5) is 16.9. The Morgan fingerprint density at radius 1 is 0.962 bits per heavy atom. The van der Waals surface area contributed by atoms with Crippen molar-refractivity contribution in [3.63, 3.8) is 0 Å². The number of carbonyl (C=O) groups is 1. The average molecular weight is 753 g/mol. The van der Waals surface area contributed by atoms with Crippen LogP contribution in [-0.4, -0.2) is 62.4 Å². The van der Waals surface area contributed by atoms with E-state index in [1.54, 1.807) is 11.8 Å². The van der Waals surface area contributed by atoms with Gasteiger partial charge in [-0.05, 0) is 81.3 Å². The van der Waals surface area contributed by atoms with E-state index < -0.39 is 0 Å². The highest BCUT2D eigenvalue weighted by Gasteiger charge is 2.30. The molecule has 1 atom stereocenters. The Labute approximate surface area is 318 Å². The van der Waals surface area contributed by atoms with Crippen LogP contribution in [0, 0.1) is 6.92 Å². The van der Waals surface area contributed by atoms with Crippen molar-refractivity contribution in [2.75, 3.05) is 27.4 Å². The average Bonchev–Trinajstić information content (AvgIpc) is 3.77. The fourth-order valence-corrected chi connectivity index (χ4v) is 9.30. The molecular weight excluding hydrogens is 708 g/mol. The van der Waals surface area contributed by atoms with Crippen LogP contribution < -0.4 is 4.74 Å². The molecule has 0 saturated carbocycles. The molecular formula is C41H45ClN6O4S. The van der Waals surface area contributed by atoms with Crippen LogP contribution in [0.25, 0.3) is 32.8 Å². The second-order valence-corrected chi connectivity index (χ2v) is 15.6. The highest BCUT2D eigenvalue weighted by molar-refractivity contribution is 7.98. The number of methoxy groups -OCH3 is 1. The largest absolute Gasteiger partial charge is 0.493 e. The van der Waals surface area contributed by atoms with Crippen LogP contribution in [0.4, 0.5) is 0 Å². The van der Waals surface area contributed by atoms with E-state index in [9.17, 15) is 4.79 Å². The van der Waals surface area contributed by atoms with Gasteiger partial charge in [-0.15, -0.1) is 11.8 Å². The van der Waals surface area contributed by atoms with Crippen LogP contribution in [0.3, 0.4) is 0 Å². The molecule has 0 spiro atoms. The number of benzene rings is 3. The molecule has 0 radical (unpaired) electrons. The molecule has 8 bridgehead atoms.